The van der Waals surface area contributed by atoms with Gasteiger partial charge in [-0.3, -0.25) is 9.59 Å². The van der Waals surface area contributed by atoms with Crippen molar-refractivity contribution in [2.45, 2.75) is 50.3 Å². The lowest BCUT2D eigenvalue weighted by Gasteiger charge is -2.35. The molecule has 0 bridgehead atoms. The number of carbonyl (C=O) groups is 2. The topological polar surface area (TPSA) is 118 Å². The van der Waals surface area contributed by atoms with Crippen LogP contribution in [-0.2, 0) is 30.9 Å². The number of furan rings is 1. The minimum absolute atomic E-state index is 0.0695. The van der Waals surface area contributed by atoms with E-state index in [-0.39, 0.29) is 35.9 Å². The first-order valence-corrected chi connectivity index (χ1v) is 12.5. The Hall–Kier alpha value is -2.69. The molecule has 10 heteroatoms. The smallest absolute Gasteiger partial charge is 0.243 e. The molecule has 1 aromatic heterocycles. The first kappa shape index (κ1) is 24.9. The van der Waals surface area contributed by atoms with Gasteiger partial charge in [-0.05, 0) is 43.0 Å². The lowest BCUT2D eigenvalue weighted by Crippen LogP contribution is -2.56. The van der Waals surface area contributed by atoms with Gasteiger partial charge < -0.3 is 19.4 Å². The van der Waals surface area contributed by atoms with Crippen molar-refractivity contribution in [1.29, 1.82) is 0 Å². The predicted octanol–water partition coefficient (Wildman–Crippen LogP) is 1.91. The van der Waals surface area contributed by atoms with Gasteiger partial charge in [0.1, 0.15) is 11.8 Å². The molecule has 3 rings (SSSR count). The summed E-state index contributed by atoms with van der Waals surface area (Å²) in [6.45, 7) is 4.24. The second-order valence-electron chi connectivity index (χ2n) is 8.30. The summed E-state index contributed by atoms with van der Waals surface area (Å²) in [6, 6.07) is 10.5. The van der Waals surface area contributed by atoms with Crippen LogP contribution in [-0.4, -0.2) is 57.0 Å². The van der Waals surface area contributed by atoms with Crippen LogP contribution >= 0.6 is 0 Å². The van der Waals surface area contributed by atoms with Crippen LogP contribution in [0.2, 0.25) is 0 Å². The Labute approximate surface area is 194 Å². The monoisotopic (exact) mass is 477 g/mol. The second-order valence-corrected chi connectivity index (χ2v) is 10.1. The number of hydrogen-bond donors (Lipinski definition) is 2. The van der Waals surface area contributed by atoms with E-state index >= 15 is 0 Å². The van der Waals surface area contributed by atoms with E-state index in [0.29, 0.717) is 12.4 Å². The van der Waals surface area contributed by atoms with E-state index in [1.165, 1.54) is 23.3 Å². The van der Waals surface area contributed by atoms with E-state index in [1.54, 1.807) is 30.3 Å². The molecule has 0 spiro atoms. The van der Waals surface area contributed by atoms with Gasteiger partial charge in [-0.2, -0.15) is 0 Å². The van der Waals surface area contributed by atoms with Crippen molar-refractivity contribution < 1.29 is 27.2 Å². The van der Waals surface area contributed by atoms with Gasteiger partial charge in [-0.25, -0.2) is 13.1 Å². The van der Waals surface area contributed by atoms with Gasteiger partial charge in [0.2, 0.25) is 21.8 Å². The lowest BCUT2D eigenvalue weighted by molar-refractivity contribution is -0.143. The van der Waals surface area contributed by atoms with Crippen molar-refractivity contribution in [2.24, 2.45) is 5.92 Å². The largest absolute Gasteiger partial charge is 0.467 e. The number of hydrogen-bond acceptors (Lipinski definition) is 6. The van der Waals surface area contributed by atoms with Crippen LogP contribution in [0, 0.1) is 5.92 Å². The highest BCUT2D eigenvalue weighted by Crippen LogP contribution is 2.19. The Morgan fingerprint density at radius 2 is 1.91 bits per heavy atom. The summed E-state index contributed by atoms with van der Waals surface area (Å²) in [6.07, 6.45) is 2.98. The fourth-order valence-corrected chi connectivity index (χ4v) is 4.81. The number of ether oxygens (including phenoxy) is 1. The van der Waals surface area contributed by atoms with Crippen molar-refractivity contribution in [3.05, 3.63) is 54.5 Å². The molecule has 0 radical (unpaired) electrons. The van der Waals surface area contributed by atoms with Crippen molar-refractivity contribution in [1.82, 2.24) is 14.9 Å². The maximum Gasteiger partial charge on any atom is 0.243 e. The molecule has 0 unspecified atom stereocenters. The average molecular weight is 478 g/mol. The molecule has 1 aromatic carbocycles. The fourth-order valence-electron chi connectivity index (χ4n) is 3.82. The van der Waals surface area contributed by atoms with Gasteiger partial charge in [-0.15, -0.1) is 0 Å². The van der Waals surface area contributed by atoms with E-state index in [2.05, 4.69) is 10.0 Å². The lowest BCUT2D eigenvalue weighted by atomic mass is 10.00. The zero-order valence-corrected chi connectivity index (χ0v) is 19.7. The Morgan fingerprint density at radius 3 is 2.52 bits per heavy atom. The van der Waals surface area contributed by atoms with Crippen LogP contribution in [0.25, 0.3) is 0 Å². The first-order chi connectivity index (χ1) is 15.8. The molecule has 180 valence electrons. The Morgan fingerprint density at radius 1 is 1.15 bits per heavy atom. The summed E-state index contributed by atoms with van der Waals surface area (Å²) in [5.41, 5.74) is 0. The number of carbonyl (C=O) groups excluding carboxylic acids is 2. The molecule has 1 fully saturated rings. The normalized spacial score (nSPS) is 17.1. The Bertz CT molecular complexity index is 1000. The average Bonchev–Trinajstić information content (AvgIpc) is 3.50. The van der Waals surface area contributed by atoms with Crippen molar-refractivity contribution in [3.8, 4) is 0 Å². The summed E-state index contributed by atoms with van der Waals surface area (Å²) >= 11 is 0. The van der Waals surface area contributed by atoms with Crippen LogP contribution in [0.1, 0.15) is 32.4 Å². The molecule has 33 heavy (non-hydrogen) atoms. The number of benzene rings is 1. The quantitative estimate of drug-likeness (QED) is 0.510. The molecule has 1 saturated heterocycles. The minimum atomic E-state index is -3.86. The molecule has 2 heterocycles. The molecule has 1 aliphatic heterocycles. The van der Waals surface area contributed by atoms with Gasteiger partial charge in [-0.1, -0.05) is 32.0 Å². The van der Waals surface area contributed by atoms with Gasteiger partial charge in [0.05, 0.1) is 30.4 Å². The van der Waals surface area contributed by atoms with E-state index in [9.17, 15) is 18.0 Å². The number of amides is 2. The highest BCUT2D eigenvalue weighted by molar-refractivity contribution is 7.89. The third kappa shape index (κ3) is 6.89. The van der Waals surface area contributed by atoms with Crippen LogP contribution in [0.15, 0.2) is 58.0 Å². The first-order valence-electron chi connectivity index (χ1n) is 11.0. The summed E-state index contributed by atoms with van der Waals surface area (Å²) in [5, 5.41) is 2.82. The van der Waals surface area contributed by atoms with Crippen molar-refractivity contribution >= 4 is 21.8 Å². The van der Waals surface area contributed by atoms with Gasteiger partial charge >= 0.3 is 0 Å². The highest BCUT2D eigenvalue weighted by Gasteiger charge is 2.35. The van der Waals surface area contributed by atoms with Crippen LogP contribution in [0.3, 0.4) is 0 Å². The number of nitrogens with one attached hydrogen (secondary N) is 2. The van der Waals surface area contributed by atoms with E-state index in [4.69, 9.17) is 9.15 Å². The number of nitrogens with zero attached hydrogens (tertiary/aromatic N) is 1. The van der Waals surface area contributed by atoms with E-state index in [1.807, 2.05) is 13.8 Å². The van der Waals surface area contributed by atoms with E-state index < -0.39 is 28.5 Å². The molecule has 2 amide bonds. The Balaban J connectivity index is 1.74. The van der Waals surface area contributed by atoms with Gasteiger partial charge in [0.15, 0.2) is 0 Å². The van der Waals surface area contributed by atoms with Crippen LogP contribution < -0.4 is 10.0 Å². The van der Waals surface area contributed by atoms with Crippen LogP contribution in [0.5, 0.6) is 0 Å². The molecule has 9 nitrogen and oxygen atoms in total. The minimum Gasteiger partial charge on any atom is -0.467 e. The van der Waals surface area contributed by atoms with Crippen LogP contribution in [0.4, 0.5) is 0 Å². The predicted molar refractivity (Wildman–Crippen MR) is 121 cm³/mol. The van der Waals surface area contributed by atoms with Gasteiger partial charge in [0, 0.05) is 13.2 Å². The van der Waals surface area contributed by atoms with Gasteiger partial charge in [0.25, 0.3) is 0 Å². The molecule has 2 aromatic rings. The fraction of sp³-hybridized carbons (Fsp3) is 0.478. The van der Waals surface area contributed by atoms with Crippen molar-refractivity contribution in [3.63, 3.8) is 0 Å². The Kier molecular flexibility index (Phi) is 8.65. The molecular weight excluding hydrogens is 446 g/mol. The number of sulfonamides is 1. The SMILES string of the molecule is CC(C)[C@H](C(=O)NCc1ccco1)N(C[C@H]1CCCO1)C(=O)CNS(=O)(=O)c1ccccc1. The third-order valence-electron chi connectivity index (χ3n) is 5.46. The highest BCUT2D eigenvalue weighted by atomic mass is 32.2. The second kappa shape index (κ2) is 11.4. The molecule has 2 N–H and O–H groups in total. The van der Waals surface area contributed by atoms with E-state index in [0.717, 1.165) is 12.8 Å². The maximum atomic E-state index is 13.2. The zero-order valence-electron chi connectivity index (χ0n) is 18.9. The summed E-state index contributed by atoms with van der Waals surface area (Å²) in [4.78, 5) is 27.8. The number of rotatable bonds is 11. The molecule has 1 aliphatic rings. The molecule has 0 saturated carbocycles. The van der Waals surface area contributed by atoms with Crippen molar-refractivity contribution in [2.75, 3.05) is 19.7 Å². The molecular formula is C23H31N3O6S. The standard InChI is InChI=1S/C23H31N3O6S/c1-17(2)22(23(28)24-14-18-8-6-12-31-18)26(16-19-9-7-13-32-19)21(27)15-25-33(29,30)20-10-4-3-5-11-20/h3-6,8,10-12,17,19,22,25H,7,9,13-16H2,1-2H3,(H,24,28)/t19-,22-/m1/s1. The summed E-state index contributed by atoms with van der Waals surface area (Å²) < 4.78 is 38.5. The molecule has 0 aliphatic carbocycles. The summed E-state index contributed by atoms with van der Waals surface area (Å²) in [5.74, 6) is -0.438. The zero-order chi connectivity index (χ0) is 23.8. The molecule has 2 atom stereocenters. The maximum absolute atomic E-state index is 13.2. The summed E-state index contributed by atoms with van der Waals surface area (Å²) in [7, 11) is -3.86. The third-order valence-corrected chi connectivity index (χ3v) is 6.88.